The number of hydrogen-bond acceptors (Lipinski definition) is 4. The largest absolute Gasteiger partial charge is 0.505 e. The van der Waals surface area contributed by atoms with Gasteiger partial charge >= 0.3 is 0 Å². The molecule has 4 rings (SSSR count). The molecule has 1 fully saturated rings. The molecule has 3 atom stereocenters. The number of hydrogen-bond donors (Lipinski definition) is 1. The summed E-state index contributed by atoms with van der Waals surface area (Å²) in [5.41, 5.74) is 1.51. The highest BCUT2D eigenvalue weighted by Crippen LogP contribution is 2.45. The third kappa shape index (κ3) is 3.95. The summed E-state index contributed by atoms with van der Waals surface area (Å²) >= 11 is 0. The molecule has 0 aliphatic carbocycles. The monoisotopic (exact) mass is 385 g/mol. The molecule has 1 saturated heterocycles. The average molecular weight is 385 g/mol. The third-order valence-electron chi connectivity index (χ3n) is 5.89. The molecule has 150 valence electrons. The van der Waals surface area contributed by atoms with E-state index in [4.69, 9.17) is 9.47 Å². The Kier molecular flexibility index (Phi) is 5.44. The van der Waals surface area contributed by atoms with Gasteiger partial charge < -0.3 is 14.6 Å². The number of ether oxygens (including phenoxy) is 2. The van der Waals surface area contributed by atoms with E-state index < -0.39 is 5.82 Å². The van der Waals surface area contributed by atoms with E-state index in [2.05, 4.69) is 11.8 Å². The minimum absolute atomic E-state index is 0.0281. The Bertz CT molecular complexity index is 823. The molecule has 0 bridgehead atoms. The highest BCUT2D eigenvalue weighted by atomic mass is 19.1. The first-order chi connectivity index (χ1) is 13.5. The van der Waals surface area contributed by atoms with Crippen molar-refractivity contribution in [1.82, 2.24) is 4.90 Å². The second-order valence-electron chi connectivity index (χ2n) is 8.17. The number of fused-ring (bicyclic) bond motifs is 1. The summed E-state index contributed by atoms with van der Waals surface area (Å²) in [7, 11) is 0. The molecule has 2 aromatic rings. The first-order valence-corrected chi connectivity index (χ1v) is 10.1. The molecular weight excluding hydrogens is 357 g/mol. The van der Waals surface area contributed by atoms with Crippen LogP contribution in [0.5, 0.6) is 17.2 Å². The van der Waals surface area contributed by atoms with Gasteiger partial charge in [-0.15, -0.1) is 0 Å². The van der Waals surface area contributed by atoms with Gasteiger partial charge in [0.25, 0.3) is 0 Å². The van der Waals surface area contributed by atoms with Gasteiger partial charge in [0.1, 0.15) is 24.2 Å². The molecule has 28 heavy (non-hydrogen) atoms. The van der Waals surface area contributed by atoms with Gasteiger partial charge in [-0.3, -0.25) is 4.90 Å². The van der Waals surface area contributed by atoms with Gasteiger partial charge in [0.15, 0.2) is 11.6 Å². The fourth-order valence-electron chi connectivity index (χ4n) is 4.27. The third-order valence-corrected chi connectivity index (χ3v) is 5.89. The van der Waals surface area contributed by atoms with E-state index in [0.29, 0.717) is 24.3 Å². The van der Waals surface area contributed by atoms with E-state index in [1.807, 2.05) is 31.2 Å². The predicted molar refractivity (Wildman–Crippen MR) is 107 cm³/mol. The molecule has 2 aliphatic heterocycles. The minimum Gasteiger partial charge on any atom is -0.505 e. The molecule has 0 amide bonds. The Morgan fingerprint density at radius 3 is 2.68 bits per heavy atom. The van der Waals surface area contributed by atoms with Crippen molar-refractivity contribution in [2.75, 3.05) is 26.2 Å². The number of halogens is 1. The lowest BCUT2D eigenvalue weighted by Gasteiger charge is -2.31. The first-order valence-electron chi connectivity index (χ1n) is 10.1. The number of likely N-dealkylation sites (tertiary alicyclic amines) is 1. The smallest absolute Gasteiger partial charge is 0.171 e. The molecular formula is C23H28FNO3. The van der Waals surface area contributed by atoms with Crippen molar-refractivity contribution in [2.24, 2.45) is 5.92 Å². The summed E-state index contributed by atoms with van der Waals surface area (Å²) in [6.45, 7) is 8.25. The zero-order valence-electron chi connectivity index (χ0n) is 16.5. The molecule has 2 aliphatic rings. The van der Waals surface area contributed by atoms with Crippen molar-refractivity contribution < 1.29 is 19.0 Å². The topological polar surface area (TPSA) is 41.9 Å². The van der Waals surface area contributed by atoms with Crippen LogP contribution in [0.4, 0.5) is 4.39 Å². The number of phenols is 1. The number of rotatable bonds is 5. The van der Waals surface area contributed by atoms with Crippen LogP contribution in [0.3, 0.4) is 0 Å². The molecule has 1 N–H and O–H groups in total. The minimum atomic E-state index is -0.570. The van der Waals surface area contributed by atoms with E-state index in [9.17, 15) is 9.50 Å². The van der Waals surface area contributed by atoms with Gasteiger partial charge in [-0.05, 0) is 61.1 Å². The second-order valence-corrected chi connectivity index (χ2v) is 8.17. The quantitative estimate of drug-likeness (QED) is 0.797. The molecule has 4 nitrogen and oxygen atoms in total. The molecule has 0 aromatic heterocycles. The van der Waals surface area contributed by atoms with Gasteiger partial charge in [0.05, 0.1) is 0 Å². The first kappa shape index (κ1) is 19.1. The maximum atomic E-state index is 14.2. The zero-order valence-corrected chi connectivity index (χ0v) is 16.5. The summed E-state index contributed by atoms with van der Waals surface area (Å²) in [6.07, 6.45) is 1.81. The number of nitrogens with zero attached hydrogens (tertiary/aromatic N) is 1. The van der Waals surface area contributed by atoms with E-state index in [1.165, 1.54) is 25.6 Å². The van der Waals surface area contributed by atoms with Crippen molar-refractivity contribution >= 4 is 0 Å². The van der Waals surface area contributed by atoms with Crippen LogP contribution in [0.25, 0.3) is 0 Å². The maximum absolute atomic E-state index is 14.2. The number of benzene rings is 2. The van der Waals surface area contributed by atoms with Gasteiger partial charge in [-0.25, -0.2) is 4.39 Å². The van der Waals surface area contributed by atoms with E-state index >= 15 is 0 Å². The van der Waals surface area contributed by atoms with Crippen LogP contribution in [-0.2, 0) is 0 Å². The van der Waals surface area contributed by atoms with Crippen LogP contribution < -0.4 is 9.47 Å². The van der Waals surface area contributed by atoms with E-state index in [-0.39, 0.29) is 17.8 Å². The summed E-state index contributed by atoms with van der Waals surface area (Å²) in [6, 6.07) is 11.0. The highest BCUT2D eigenvalue weighted by Gasteiger charge is 2.30. The van der Waals surface area contributed by atoms with Gasteiger partial charge in [0.2, 0.25) is 0 Å². The van der Waals surface area contributed by atoms with Gasteiger partial charge in [0, 0.05) is 18.7 Å². The lowest BCUT2D eigenvalue weighted by atomic mass is 9.88. The van der Waals surface area contributed by atoms with Crippen LogP contribution in [-0.4, -0.2) is 36.2 Å². The molecule has 0 saturated carbocycles. The maximum Gasteiger partial charge on any atom is 0.171 e. The molecule has 5 heteroatoms. The van der Waals surface area contributed by atoms with Crippen molar-refractivity contribution in [3.8, 4) is 17.2 Å². The van der Waals surface area contributed by atoms with Gasteiger partial charge in [-0.2, -0.15) is 0 Å². The van der Waals surface area contributed by atoms with Crippen LogP contribution in [0.2, 0.25) is 0 Å². The van der Waals surface area contributed by atoms with E-state index in [0.717, 1.165) is 23.8 Å². The Balaban J connectivity index is 1.37. The second kappa shape index (κ2) is 8.00. The summed E-state index contributed by atoms with van der Waals surface area (Å²) in [5, 5.41) is 9.61. The van der Waals surface area contributed by atoms with Crippen molar-refractivity contribution in [1.29, 1.82) is 0 Å². The summed E-state index contributed by atoms with van der Waals surface area (Å²) in [4.78, 5) is 2.45. The molecule has 2 aromatic carbocycles. The van der Waals surface area contributed by atoms with Crippen molar-refractivity contribution in [3.63, 3.8) is 0 Å². The summed E-state index contributed by atoms with van der Waals surface area (Å²) in [5.74, 6) is 1.24. The molecule has 2 heterocycles. The predicted octanol–water partition coefficient (Wildman–Crippen LogP) is 4.88. The zero-order chi connectivity index (χ0) is 19.7. The normalized spacial score (nSPS) is 24.6. The number of aromatic hydroxyl groups is 1. The lowest BCUT2D eigenvalue weighted by molar-refractivity contribution is 0.160. The Morgan fingerprint density at radius 2 is 1.96 bits per heavy atom. The van der Waals surface area contributed by atoms with Crippen LogP contribution in [0.15, 0.2) is 36.4 Å². The SMILES string of the molecule is CC1CCN(CCOc2ccc([C@H]3CC(C)c4c(ccc(O)c4F)O3)cc2)C1. The summed E-state index contributed by atoms with van der Waals surface area (Å²) < 4.78 is 26.1. The molecule has 2 unspecified atom stereocenters. The van der Waals surface area contributed by atoms with Crippen LogP contribution in [0, 0.1) is 11.7 Å². The molecule has 0 radical (unpaired) electrons. The van der Waals surface area contributed by atoms with E-state index in [1.54, 1.807) is 6.07 Å². The Hall–Kier alpha value is -2.27. The fraction of sp³-hybridized carbons (Fsp3) is 0.478. The van der Waals surface area contributed by atoms with Gasteiger partial charge in [-0.1, -0.05) is 26.0 Å². The fourth-order valence-corrected chi connectivity index (χ4v) is 4.27. The van der Waals surface area contributed by atoms with Crippen molar-refractivity contribution in [2.45, 2.75) is 38.7 Å². The lowest BCUT2D eigenvalue weighted by Crippen LogP contribution is -2.25. The standard InChI is InChI=1S/C23H28FNO3/c1-15-9-10-25(14-15)11-12-27-18-5-3-17(4-6-18)21-13-16(2)22-20(28-21)8-7-19(26)23(22)24/h3-8,15-16,21,26H,9-14H2,1-2H3/t15?,16?,21-/m1/s1. The van der Waals surface area contributed by atoms with Crippen molar-refractivity contribution in [3.05, 3.63) is 53.3 Å². The average Bonchev–Trinajstić information content (AvgIpc) is 3.10. The molecule has 0 spiro atoms. The van der Waals surface area contributed by atoms with Crippen LogP contribution in [0.1, 0.15) is 49.8 Å². The van der Waals surface area contributed by atoms with Crippen LogP contribution >= 0.6 is 0 Å². The Morgan fingerprint density at radius 1 is 1.18 bits per heavy atom. The highest BCUT2D eigenvalue weighted by molar-refractivity contribution is 5.45. The number of phenolic OH excluding ortho intramolecular Hbond substituents is 1. The Labute approximate surface area is 165 Å².